The van der Waals surface area contributed by atoms with E-state index < -0.39 is 11.0 Å². The summed E-state index contributed by atoms with van der Waals surface area (Å²) in [6.45, 7) is 3.29. The van der Waals surface area contributed by atoms with Gasteiger partial charge < -0.3 is 21.3 Å². The van der Waals surface area contributed by atoms with Crippen molar-refractivity contribution < 1.29 is 14.5 Å². The summed E-state index contributed by atoms with van der Waals surface area (Å²) in [4.78, 5) is 35.8. The number of carbonyl (C=O) groups excluding carboxylic acids is 2. The lowest BCUT2D eigenvalue weighted by Gasteiger charge is -2.21. The first-order chi connectivity index (χ1) is 11.9. The summed E-state index contributed by atoms with van der Waals surface area (Å²) in [6, 6.07) is 5.56. The molecule has 0 aromatic heterocycles. The van der Waals surface area contributed by atoms with E-state index in [1.165, 1.54) is 12.1 Å². The van der Waals surface area contributed by atoms with Gasteiger partial charge in [0, 0.05) is 31.3 Å². The number of amides is 3. The Morgan fingerprint density at radius 1 is 1.31 bits per heavy atom. The Kier molecular flexibility index (Phi) is 8.27. The highest BCUT2D eigenvalue weighted by atomic mass is 35.5. The molecule has 144 valence electrons. The molecule has 1 aromatic carbocycles. The van der Waals surface area contributed by atoms with Gasteiger partial charge in [0.2, 0.25) is 5.91 Å². The van der Waals surface area contributed by atoms with Gasteiger partial charge in [-0.1, -0.05) is 12.1 Å². The zero-order valence-corrected chi connectivity index (χ0v) is 15.3. The van der Waals surface area contributed by atoms with Crippen LogP contribution in [0.25, 0.3) is 0 Å². The second-order valence-electron chi connectivity index (χ2n) is 6.19. The largest absolute Gasteiger partial charge is 0.338 e. The van der Waals surface area contributed by atoms with E-state index in [1.54, 1.807) is 17.0 Å². The van der Waals surface area contributed by atoms with Crippen LogP contribution in [0.15, 0.2) is 24.3 Å². The molecule has 0 saturated carbocycles. The molecule has 10 heteroatoms. The lowest BCUT2D eigenvalue weighted by molar-refractivity contribution is -0.384. The standard InChI is InChI=1S/C16H23N5O4.ClH/c1-11-6-13(7-17)10-20(11)15(22)9-19-16(23)18-8-12-2-4-14(5-3-12)21(24)25;/h2-5,11,13H,6-10,17H2,1H3,(H2,18,19,23);1H. The zero-order valence-electron chi connectivity index (χ0n) is 14.5. The molecule has 0 bridgehead atoms. The molecule has 26 heavy (non-hydrogen) atoms. The Hall–Kier alpha value is -2.39. The van der Waals surface area contributed by atoms with Crippen LogP contribution in [-0.4, -0.2) is 47.4 Å². The second kappa shape index (κ2) is 9.93. The quantitative estimate of drug-likeness (QED) is 0.497. The predicted octanol–water partition coefficient (Wildman–Crippen LogP) is 1.01. The number of nitro benzene ring substituents is 1. The van der Waals surface area contributed by atoms with Gasteiger partial charge in [0.1, 0.15) is 0 Å². The van der Waals surface area contributed by atoms with Crippen molar-refractivity contribution in [3.8, 4) is 0 Å². The lowest BCUT2D eigenvalue weighted by Crippen LogP contribution is -2.44. The van der Waals surface area contributed by atoms with Crippen LogP contribution in [0.2, 0.25) is 0 Å². The predicted molar refractivity (Wildman–Crippen MR) is 98.9 cm³/mol. The van der Waals surface area contributed by atoms with Gasteiger partial charge in [0.25, 0.3) is 5.69 Å². The first-order valence-corrected chi connectivity index (χ1v) is 8.15. The minimum Gasteiger partial charge on any atom is -0.338 e. The number of nitrogens with zero attached hydrogens (tertiary/aromatic N) is 2. The number of rotatable bonds is 6. The summed E-state index contributed by atoms with van der Waals surface area (Å²) >= 11 is 0. The summed E-state index contributed by atoms with van der Waals surface area (Å²) in [5.41, 5.74) is 6.37. The van der Waals surface area contributed by atoms with E-state index in [0.29, 0.717) is 19.0 Å². The molecule has 1 aliphatic heterocycles. The zero-order chi connectivity index (χ0) is 18.4. The number of nitro groups is 1. The third-order valence-electron chi connectivity index (χ3n) is 4.32. The molecule has 0 aliphatic carbocycles. The van der Waals surface area contributed by atoms with Crippen LogP contribution in [0.1, 0.15) is 18.9 Å². The van der Waals surface area contributed by atoms with Crippen LogP contribution < -0.4 is 16.4 Å². The molecule has 1 fully saturated rings. The summed E-state index contributed by atoms with van der Waals surface area (Å²) in [5.74, 6) is 0.184. The number of benzene rings is 1. The molecule has 1 aliphatic rings. The molecule has 3 amide bonds. The van der Waals surface area contributed by atoms with Crippen molar-refractivity contribution in [1.82, 2.24) is 15.5 Å². The number of urea groups is 1. The number of likely N-dealkylation sites (tertiary alicyclic amines) is 1. The lowest BCUT2D eigenvalue weighted by atomic mass is 10.1. The van der Waals surface area contributed by atoms with Gasteiger partial charge in [-0.15, -0.1) is 12.4 Å². The summed E-state index contributed by atoms with van der Waals surface area (Å²) in [7, 11) is 0. The number of non-ortho nitro benzene ring substituents is 1. The second-order valence-corrected chi connectivity index (χ2v) is 6.19. The first-order valence-electron chi connectivity index (χ1n) is 8.15. The van der Waals surface area contributed by atoms with E-state index in [-0.39, 0.29) is 43.1 Å². The number of nitrogens with one attached hydrogen (secondary N) is 2. The van der Waals surface area contributed by atoms with E-state index in [1.807, 2.05) is 6.92 Å². The molecule has 0 radical (unpaired) electrons. The average Bonchev–Trinajstić information content (AvgIpc) is 2.99. The molecular formula is C16H24ClN5O4. The van der Waals surface area contributed by atoms with Gasteiger partial charge in [0.15, 0.2) is 0 Å². The maximum atomic E-state index is 12.2. The highest BCUT2D eigenvalue weighted by molar-refractivity contribution is 5.85. The molecule has 2 atom stereocenters. The van der Waals surface area contributed by atoms with Crippen LogP contribution >= 0.6 is 12.4 Å². The Morgan fingerprint density at radius 3 is 2.50 bits per heavy atom. The van der Waals surface area contributed by atoms with E-state index >= 15 is 0 Å². The number of hydrogen-bond donors (Lipinski definition) is 3. The van der Waals surface area contributed by atoms with Crippen LogP contribution in [0, 0.1) is 16.0 Å². The van der Waals surface area contributed by atoms with Crippen molar-refractivity contribution >= 4 is 30.0 Å². The Balaban J connectivity index is 0.00000338. The maximum absolute atomic E-state index is 12.2. The van der Waals surface area contributed by atoms with E-state index in [9.17, 15) is 19.7 Å². The van der Waals surface area contributed by atoms with Crippen LogP contribution in [0.4, 0.5) is 10.5 Å². The molecule has 2 unspecified atom stereocenters. The fraction of sp³-hybridized carbons (Fsp3) is 0.500. The Labute approximate surface area is 157 Å². The number of nitrogens with two attached hydrogens (primary N) is 1. The molecule has 1 saturated heterocycles. The van der Waals surface area contributed by atoms with Crippen molar-refractivity contribution in [2.45, 2.75) is 25.9 Å². The molecule has 4 N–H and O–H groups in total. The fourth-order valence-corrected chi connectivity index (χ4v) is 2.90. The van der Waals surface area contributed by atoms with Crippen LogP contribution in [0.3, 0.4) is 0 Å². The van der Waals surface area contributed by atoms with E-state index in [2.05, 4.69) is 10.6 Å². The Bertz CT molecular complexity index is 640. The van der Waals surface area contributed by atoms with Crippen molar-refractivity contribution in [3.05, 3.63) is 39.9 Å². The van der Waals surface area contributed by atoms with Crippen LogP contribution in [0.5, 0.6) is 0 Å². The highest BCUT2D eigenvalue weighted by Gasteiger charge is 2.31. The van der Waals surface area contributed by atoms with Gasteiger partial charge in [-0.3, -0.25) is 14.9 Å². The van der Waals surface area contributed by atoms with Gasteiger partial charge in [-0.25, -0.2) is 4.79 Å². The monoisotopic (exact) mass is 385 g/mol. The average molecular weight is 386 g/mol. The topological polar surface area (TPSA) is 131 Å². The minimum absolute atomic E-state index is 0. The van der Waals surface area contributed by atoms with Gasteiger partial charge in [-0.05, 0) is 31.4 Å². The molecule has 1 aromatic rings. The number of hydrogen-bond acceptors (Lipinski definition) is 5. The normalized spacial score (nSPS) is 18.8. The van der Waals surface area contributed by atoms with E-state index in [4.69, 9.17) is 5.73 Å². The number of halogens is 1. The smallest absolute Gasteiger partial charge is 0.315 e. The molecule has 1 heterocycles. The van der Waals surface area contributed by atoms with Gasteiger partial charge in [-0.2, -0.15) is 0 Å². The molecule has 2 rings (SSSR count). The fourth-order valence-electron chi connectivity index (χ4n) is 2.90. The van der Waals surface area contributed by atoms with Crippen molar-refractivity contribution in [3.63, 3.8) is 0 Å². The summed E-state index contributed by atoms with van der Waals surface area (Å²) in [6.07, 6.45) is 0.884. The van der Waals surface area contributed by atoms with Crippen LogP contribution in [-0.2, 0) is 11.3 Å². The Morgan fingerprint density at radius 2 is 1.96 bits per heavy atom. The first kappa shape index (κ1) is 21.7. The maximum Gasteiger partial charge on any atom is 0.315 e. The van der Waals surface area contributed by atoms with E-state index in [0.717, 1.165) is 12.0 Å². The molecular weight excluding hydrogens is 362 g/mol. The molecule has 9 nitrogen and oxygen atoms in total. The highest BCUT2D eigenvalue weighted by Crippen LogP contribution is 2.21. The molecule has 0 spiro atoms. The number of carbonyl (C=O) groups is 2. The SMILES string of the molecule is CC1CC(CN)CN1C(=O)CNC(=O)NCc1ccc([N+](=O)[O-])cc1.Cl. The third kappa shape index (κ3) is 5.85. The third-order valence-corrected chi connectivity index (χ3v) is 4.32. The van der Waals surface area contributed by atoms with Crippen molar-refractivity contribution in [2.75, 3.05) is 19.6 Å². The summed E-state index contributed by atoms with van der Waals surface area (Å²) in [5, 5.41) is 15.7. The summed E-state index contributed by atoms with van der Waals surface area (Å²) < 4.78 is 0. The van der Waals surface area contributed by atoms with Gasteiger partial charge >= 0.3 is 6.03 Å². The van der Waals surface area contributed by atoms with Gasteiger partial charge in [0.05, 0.1) is 11.5 Å². The van der Waals surface area contributed by atoms with Crippen molar-refractivity contribution in [2.24, 2.45) is 11.7 Å². The van der Waals surface area contributed by atoms with Crippen molar-refractivity contribution in [1.29, 1.82) is 0 Å². The minimum atomic E-state index is -0.482.